The molecular weight excluding hydrogens is 441 g/mol. The number of rotatable bonds is 5. The second-order valence-electron chi connectivity index (χ2n) is 7.52. The molecule has 3 aromatic rings. The van der Waals surface area contributed by atoms with Gasteiger partial charge in [0.25, 0.3) is 11.5 Å². The lowest BCUT2D eigenvalue weighted by molar-refractivity contribution is -0.274. The zero-order valence-electron chi connectivity index (χ0n) is 17.1. The Hall–Kier alpha value is -3.73. The fraction of sp³-hybridized carbons (Fsp3) is 0.273. The molecule has 0 aliphatic heterocycles. The largest absolute Gasteiger partial charge is 0.573 e. The third-order valence-corrected chi connectivity index (χ3v) is 5.23. The number of nitrogens with zero attached hydrogens (tertiary/aromatic N) is 3. The number of aromatic nitrogens is 3. The standard InChI is InChI=1S/C22H19F3N4O4/c23-22(24,25)33-15-8-6-13(7-9-15)18-11-16(20(31)27-17-4-1-5-19(17)30)21(32)29(28-18)14-3-2-10-26-12-14/h2-3,6-12,17,19,30H,1,4-5H2,(H,27,31)/t17-,19+/m0/s1. The van der Waals surface area contributed by atoms with Crippen LogP contribution in [0.3, 0.4) is 0 Å². The van der Waals surface area contributed by atoms with Crippen LogP contribution in [-0.4, -0.2) is 44.3 Å². The van der Waals surface area contributed by atoms with Crippen molar-refractivity contribution in [1.82, 2.24) is 20.1 Å². The van der Waals surface area contributed by atoms with E-state index in [0.29, 0.717) is 24.1 Å². The van der Waals surface area contributed by atoms with E-state index in [1.807, 2.05) is 0 Å². The number of hydrogen-bond donors (Lipinski definition) is 2. The summed E-state index contributed by atoms with van der Waals surface area (Å²) >= 11 is 0. The van der Waals surface area contributed by atoms with Gasteiger partial charge in [0.1, 0.15) is 11.3 Å². The van der Waals surface area contributed by atoms with Crippen molar-refractivity contribution in [2.45, 2.75) is 37.8 Å². The minimum Gasteiger partial charge on any atom is -0.406 e. The molecule has 4 rings (SSSR count). The number of aliphatic hydroxyl groups excluding tert-OH is 1. The molecule has 0 radical (unpaired) electrons. The maximum atomic E-state index is 13.1. The molecule has 2 atom stereocenters. The topological polar surface area (TPSA) is 106 Å². The maximum absolute atomic E-state index is 13.1. The molecule has 172 valence electrons. The van der Waals surface area contributed by atoms with Crippen LogP contribution in [0.5, 0.6) is 5.75 Å². The van der Waals surface area contributed by atoms with Gasteiger partial charge in [0.05, 0.1) is 29.7 Å². The van der Waals surface area contributed by atoms with Crippen LogP contribution in [0.1, 0.15) is 29.6 Å². The van der Waals surface area contributed by atoms with Gasteiger partial charge in [-0.3, -0.25) is 14.6 Å². The Balaban J connectivity index is 1.75. The minimum atomic E-state index is -4.83. The molecule has 0 bridgehead atoms. The fourth-order valence-electron chi connectivity index (χ4n) is 3.63. The number of amides is 1. The van der Waals surface area contributed by atoms with E-state index in [4.69, 9.17) is 0 Å². The average Bonchev–Trinajstić information content (AvgIpc) is 3.18. The smallest absolute Gasteiger partial charge is 0.406 e. The summed E-state index contributed by atoms with van der Waals surface area (Å²) in [6.45, 7) is 0. The first-order chi connectivity index (χ1) is 15.7. The summed E-state index contributed by atoms with van der Waals surface area (Å²) in [5, 5.41) is 17.0. The number of aliphatic hydroxyl groups is 1. The van der Waals surface area contributed by atoms with Crippen molar-refractivity contribution < 1.29 is 27.8 Å². The fourth-order valence-corrected chi connectivity index (χ4v) is 3.63. The predicted molar refractivity (Wildman–Crippen MR) is 111 cm³/mol. The highest BCUT2D eigenvalue weighted by Crippen LogP contribution is 2.26. The van der Waals surface area contributed by atoms with Gasteiger partial charge in [-0.25, -0.2) is 0 Å². The minimum absolute atomic E-state index is 0.175. The van der Waals surface area contributed by atoms with Crippen LogP contribution < -0.4 is 15.6 Å². The van der Waals surface area contributed by atoms with E-state index < -0.39 is 35.7 Å². The number of nitrogens with one attached hydrogen (secondary N) is 1. The monoisotopic (exact) mass is 460 g/mol. The third kappa shape index (κ3) is 5.20. The Morgan fingerprint density at radius 1 is 1.18 bits per heavy atom. The van der Waals surface area contributed by atoms with Gasteiger partial charge >= 0.3 is 6.36 Å². The van der Waals surface area contributed by atoms with E-state index in [9.17, 15) is 27.9 Å². The van der Waals surface area contributed by atoms with E-state index in [2.05, 4.69) is 20.1 Å². The van der Waals surface area contributed by atoms with Gasteiger partial charge < -0.3 is 15.2 Å². The number of pyridine rings is 1. The molecule has 0 saturated heterocycles. The van der Waals surface area contributed by atoms with Crippen LogP contribution in [0.25, 0.3) is 16.9 Å². The molecule has 1 aliphatic carbocycles. The third-order valence-electron chi connectivity index (χ3n) is 5.23. The Kier molecular flexibility index (Phi) is 6.14. The first-order valence-corrected chi connectivity index (χ1v) is 10.1. The van der Waals surface area contributed by atoms with Gasteiger partial charge in [-0.1, -0.05) is 0 Å². The summed E-state index contributed by atoms with van der Waals surface area (Å²) in [6.07, 6.45) is -0.741. The number of carbonyl (C=O) groups excluding carboxylic acids is 1. The quantitative estimate of drug-likeness (QED) is 0.607. The molecule has 33 heavy (non-hydrogen) atoms. The first kappa shape index (κ1) is 22.5. The SMILES string of the molecule is O=C(N[C@H]1CCC[C@H]1O)c1cc(-c2ccc(OC(F)(F)F)cc2)nn(-c2cccnc2)c1=O. The molecule has 1 saturated carbocycles. The highest BCUT2D eigenvalue weighted by atomic mass is 19.4. The van der Waals surface area contributed by atoms with Crippen LogP contribution in [0.15, 0.2) is 59.7 Å². The Morgan fingerprint density at radius 2 is 1.94 bits per heavy atom. The Morgan fingerprint density at radius 3 is 2.55 bits per heavy atom. The number of carbonyl (C=O) groups is 1. The van der Waals surface area contributed by atoms with Crippen molar-refractivity contribution in [3.8, 4) is 22.7 Å². The Bertz CT molecular complexity index is 1200. The number of halogens is 3. The first-order valence-electron chi connectivity index (χ1n) is 10.1. The number of hydrogen-bond acceptors (Lipinski definition) is 6. The van der Waals surface area contributed by atoms with E-state index in [1.54, 1.807) is 12.1 Å². The second kappa shape index (κ2) is 9.02. The number of benzene rings is 1. The van der Waals surface area contributed by atoms with Gasteiger partial charge in [-0.15, -0.1) is 13.2 Å². The van der Waals surface area contributed by atoms with E-state index in [0.717, 1.165) is 23.2 Å². The number of ether oxygens (including phenoxy) is 1. The van der Waals surface area contributed by atoms with E-state index in [1.165, 1.54) is 30.6 Å². The van der Waals surface area contributed by atoms with Gasteiger partial charge in [0, 0.05) is 11.8 Å². The van der Waals surface area contributed by atoms with Crippen molar-refractivity contribution in [2.24, 2.45) is 0 Å². The van der Waals surface area contributed by atoms with Crippen molar-refractivity contribution in [3.05, 3.63) is 70.8 Å². The molecule has 0 spiro atoms. The molecule has 11 heteroatoms. The lowest BCUT2D eigenvalue weighted by Gasteiger charge is -2.17. The molecule has 2 aromatic heterocycles. The van der Waals surface area contributed by atoms with Crippen molar-refractivity contribution in [3.63, 3.8) is 0 Å². The van der Waals surface area contributed by atoms with Gasteiger partial charge in [-0.2, -0.15) is 9.78 Å². The molecule has 1 fully saturated rings. The molecule has 2 heterocycles. The average molecular weight is 460 g/mol. The van der Waals surface area contributed by atoms with Crippen molar-refractivity contribution in [1.29, 1.82) is 0 Å². The number of alkyl halides is 3. The lowest BCUT2D eigenvalue weighted by atomic mass is 10.1. The molecule has 1 aromatic carbocycles. The maximum Gasteiger partial charge on any atom is 0.573 e. The van der Waals surface area contributed by atoms with Crippen molar-refractivity contribution >= 4 is 5.91 Å². The van der Waals surface area contributed by atoms with Gasteiger partial charge in [-0.05, 0) is 61.7 Å². The summed E-state index contributed by atoms with van der Waals surface area (Å²) in [6, 6.07) is 8.86. The predicted octanol–water partition coefficient (Wildman–Crippen LogP) is 2.84. The summed E-state index contributed by atoms with van der Waals surface area (Å²) in [5.74, 6) is -1.09. The summed E-state index contributed by atoms with van der Waals surface area (Å²) in [4.78, 5) is 29.9. The highest BCUT2D eigenvalue weighted by molar-refractivity contribution is 5.95. The molecule has 2 N–H and O–H groups in total. The Labute approximate surface area is 185 Å². The van der Waals surface area contributed by atoms with Gasteiger partial charge in [0.15, 0.2) is 0 Å². The lowest BCUT2D eigenvalue weighted by Crippen LogP contribution is -2.42. The van der Waals surface area contributed by atoms with Crippen LogP contribution >= 0.6 is 0 Å². The zero-order valence-corrected chi connectivity index (χ0v) is 17.1. The molecule has 0 unspecified atom stereocenters. The summed E-state index contributed by atoms with van der Waals surface area (Å²) in [7, 11) is 0. The van der Waals surface area contributed by atoms with Gasteiger partial charge in [0.2, 0.25) is 0 Å². The molecular formula is C22H19F3N4O4. The molecule has 1 aliphatic rings. The second-order valence-corrected chi connectivity index (χ2v) is 7.52. The van der Waals surface area contributed by atoms with Crippen molar-refractivity contribution in [2.75, 3.05) is 0 Å². The summed E-state index contributed by atoms with van der Waals surface area (Å²) in [5.41, 5.74) is -0.0880. The van der Waals surface area contributed by atoms with E-state index in [-0.39, 0.29) is 11.3 Å². The van der Waals surface area contributed by atoms with Crippen LogP contribution in [0.2, 0.25) is 0 Å². The highest BCUT2D eigenvalue weighted by Gasteiger charge is 2.31. The van der Waals surface area contributed by atoms with E-state index >= 15 is 0 Å². The molecule has 1 amide bonds. The van der Waals surface area contributed by atoms with Crippen LogP contribution in [0, 0.1) is 0 Å². The molecule has 8 nitrogen and oxygen atoms in total. The van der Waals surface area contributed by atoms with Crippen LogP contribution in [0.4, 0.5) is 13.2 Å². The zero-order chi connectivity index (χ0) is 23.6. The summed E-state index contributed by atoms with van der Waals surface area (Å²) < 4.78 is 42.2. The normalized spacial score (nSPS) is 18.2. The van der Waals surface area contributed by atoms with Crippen LogP contribution in [-0.2, 0) is 0 Å².